The van der Waals surface area contributed by atoms with Gasteiger partial charge in [-0.1, -0.05) is 0 Å². The number of alkyl halides is 2. The molecule has 0 aromatic rings. The van der Waals surface area contributed by atoms with Crippen molar-refractivity contribution in [3.05, 3.63) is 0 Å². The molecule has 1 fully saturated rings. The first-order valence-electron chi connectivity index (χ1n) is 4.35. The molecule has 0 unspecified atom stereocenters. The van der Waals surface area contributed by atoms with E-state index in [0.717, 1.165) is 0 Å². The maximum atomic E-state index is 12.7. The maximum absolute atomic E-state index is 12.7. The Morgan fingerprint density at radius 3 is 2.23 bits per heavy atom. The van der Waals surface area contributed by atoms with Crippen molar-refractivity contribution in [2.45, 2.75) is 37.6 Å². The molecule has 1 rings (SSSR count). The molecule has 0 spiro atoms. The summed E-state index contributed by atoms with van der Waals surface area (Å²) < 4.78 is 25.4. The van der Waals surface area contributed by atoms with Crippen LogP contribution in [0, 0.1) is 5.92 Å². The molecule has 13 heavy (non-hydrogen) atoms. The number of halogens is 2. The first-order valence-corrected chi connectivity index (χ1v) is 4.35. The van der Waals surface area contributed by atoms with Crippen LogP contribution in [0.2, 0.25) is 0 Å². The van der Waals surface area contributed by atoms with Crippen LogP contribution in [0.1, 0.15) is 25.7 Å². The minimum Gasteiger partial charge on any atom is -0.368 e. The highest BCUT2D eigenvalue weighted by molar-refractivity contribution is 5.79. The van der Waals surface area contributed by atoms with Crippen LogP contribution in [0.3, 0.4) is 0 Å². The third-order valence-corrected chi connectivity index (χ3v) is 2.60. The summed E-state index contributed by atoms with van der Waals surface area (Å²) in [6.45, 7) is 0. The molecule has 0 aliphatic heterocycles. The zero-order valence-corrected chi connectivity index (χ0v) is 7.30. The Bertz CT molecular complexity index is 198. The van der Waals surface area contributed by atoms with E-state index in [1.807, 2.05) is 0 Å². The zero-order valence-electron chi connectivity index (χ0n) is 7.30. The summed E-state index contributed by atoms with van der Waals surface area (Å²) in [4.78, 5) is 10.7. The molecule has 76 valence electrons. The molecule has 5 heteroatoms. The van der Waals surface area contributed by atoms with E-state index >= 15 is 0 Å². The number of hydrogen-bond acceptors (Lipinski definition) is 2. The predicted octanol–water partition coefficient (Wildman–Crippen LogP) is 0.624. The molecule has 1 aliphatic rings. The van der Waals surface area contributed by atoms with E-state index in [9.17, 15) is 13.6 Å². The molecule has 1 saturated carbocycles. The van der Waals surface area contributed by atoms with Crippen LogP contribution < -0.4 is 11.5 Å². The molecule has 1 atom stereocenters. The Morgan fingerprint density at radius 1 is 1.38 bits per heavy atom. The van der Waals surface area contributed by atoms with Gasteiger partial charge in [0, 0.05) is 12.8 Å². The van der Waals surface area contributed by atoms with Gasteiger partial charge in [-0.25, -0.2) is 8.78 Å². The second kappa shape index (κ2) is 3.57. The molecule has 0 heterocycles. The summed E-state index contributed by atoms with van der Waals surface area (Å²) >= 11 is 0. The fourth-order valence-electron chi connectivity index (χ4n) is 1.65. The van der Waals surface area contributed by atoms with Crippen molar-refractivity contribution in [3.63, 3.8) is 0 Å². The van der Waals surface area contributed by atoms with Gasteiger partial charge < -0.3 is 11.5 Å². The summed E-state index contributed by atoms with van der Waals surface area (Å²) in [6, 6.07) is -0.768. The lowest BCUT2D eigenvalue weighted by molar-refractivity contribution is -0.122. The molecule has 0 radical (unpaired) electrons. The van der Waals surface area contributed by atoms with Crippen LogP contribution in [0.4, 0.5) is 8.78 Å². The van der Waals surface area contributed by atoms with Crippen molar-refractivity contribution in [1.29, 1.82) is 0 Å². The first kappa shape index (κ1) is 10.4. The highest BCUT2D eigenvalue weighted by Crippen LogP contribution is 2.36. The lowest BCUT2D eigenvalue weighted by Crippen LogP contribution is -2.45. The van der Waals surface area contributed by atoms with Gasteiger partial charge in [0.1, 0.15) is 0 Å². The number of carbonyl (C=O) groups excluding carboxylic acids is 1. The van der Waals surface area contributed by atoms with E-state index in [-0.39, 0.29) is 31.6 Å². The third kappa shape index (κ3) is 2.62. The summed E-state index contributed by atoms with van der Waals surface area (Å²) in [5, 5.41) is 0. The van der Waals surface area contributed by atoms with Crippen LogP contribution in [0.25, 0.3) is 0 Å². The van der Waals surface area contributed by atoms with Gasteiger partial charge in [0.05, 0.1) is 6.04 Å². The Morgan fingerprint density at radius 2 is 1.85 bits per heavy atom. The van der Waals surface area contributed by atoms with Crippen LogP contribution >= 0.6 is 0 Å². The Balaban J connectivity index is 2.45. The van der Waals surface area contributed by atoms with Gasteiger partial charge in [0.2, 0.25) is 11.8 Å². The molecule has 0 saturated heterocycles. The van der Waals surface area contributed by atoms with E-state index in [0.29, 0.717) is 0 Å². The van der Waals surface area contributed by atoms with Gasteiger partial charge in [-0.05, 0) is 18.8 Å². The zero-order chi connectivity index (χ0) is 10.1. The molecule has 1 aliphatic carbocycles. The van der Waals surface area contributed by atoms with E-state index in [1.54, 1.807) is 0 Å². The van der Waals surface area contributed by atoms with Crippen LogP contribution in [0.5, 0.6) is 0 Å². The normalized spacial score (nSPS) is 25.5. The second-order valence-electron chi connectivity index (χ2n) is 3.62. The third-order valence-electron chi connectivity index (χ3n) is 2.60. The fraction of sp³-hybridized carbons (Fsp3) is 0.875. The Hall–Kier alpha value is -0.710. The molecule has 0 aromatic heterocycles. The first-order chi connectivity index (χ1) is 5.92. The molecule has 0 bridgehead atoms. The number of nitrogens with two attached hydrogens (primary N) is 2. The van der Waals surface area contributed by atoms with Crippen molar-refractivity contribution < 1.29 is 13.6 Å². The van der Waals surface area contributed by atoms with Crippen LogP contribution in [0.15, 0.2) is 0 Å². The van der Waals surface area contributed by atoms with E-state index in [4.69, 9.17) is 11.5 Å². The largest absolute Gasteiger partial charge is 0.368 e. The lowest BCUT2D eigenvalue weighted by atomic mass is 9.82. The minimum absolute atomic E-state index is 0.169. The van der Waals surface area contributed by atoms with Gasteiger partial charge in [0.15, 0.2) is 0 Å². The van der Waals surface area contributed by atoms with E-state index in [2.05, 4.69) is 0 Å². The van der Waals surface area contributed by atoms with Gasteiger partial charge in [-0.2, -0.15) is 0 Å². The van der Waals surface area contributed by atoms with E-state index in [1.165, 1.54) is 0 Å². The topological polar surface area (TPSA) is 69.1 Å². The average Bonchev–Trinajstić information content (AvgIpc) is 2.03. The summed E-state index contributed by atoms with van der Waals surface area (Å²) in [5.74, 6) is -3.35. The fourth-order valence-corrected chi connectivity index (χ4v) is 1.65. The summed E-state index contributed by atoms with van der Waals surface area (Å²) in [7, 11) is 0. The Kier molecular flexibility index (Phi) is 2.85. The molecular formula is C8H14F2N2O. The number of amides is 1. The SMILES string of the molecule is NC(=O)[C@@H](N)C1CCC(F)(F)CC1. The van der Waals surface area contributed by atoms with Crippen molar-refractivity contribution in [3.8, 4) is 0 Å². The van der Waals surface area contributed by atoms with Gasteiger partial charge in [0.25, 0.3) is 0 Å². The highest BCUT2D eigenvalue weighted by Gasteiger charge is 2.37. The second-order valence-corrected chi connectivity index (χ2v) is 3.62. The molecular weight excluding hydrogens is 178 g/mol. The Labute approximate surface area is 75.5 Å². The number of carbonyl (C=O) groups is 1. The molecule has 0 aromatic carbocycles. The molecule has 3 nitrogen and oxygen atoms in total. The lowest BCUT2D eigenvalue weighted by Gasteiger charge is -2.30. The standard InChI is InChI=1S/C8H14F2N2O/c9-8(10)3-1-5(2-4-8)6(11)7(12)13/h5-6H,1-4,11H2,(H2,12,13)/t6-/m0/s1. The number of primary amides is 1. The summed E-state index contributed by atoms with van der Waals surface area (Å²) in [6.07, 6.45) is 0.214. The quantitative estimate of drug-likeness (QED) is 0.673. The molecule has 4 N–H and O–H groups in total. The minimum atomic E-state index is -2.58. The predicted molar refractivity (Wildman–Crippen MR) is 44.1 cm³/mol. The van der Waals surface area contributed by atoms with Gasteiger partial charge in [-0.15, -0.1) is 0 Å². The number of rotatable bonds is 2. The van der Waals surface area contributed by atoms with E-state index < -0.39 is 17.9 Å². The highest BCUT2D eigenvalue weighted by atomic mass is 19.3. The maximum Gasteiger partial charge on any atom is 0.248 e. The smallest absolute Gasteiger partial charge is 0.248 e. The van der Waals surface area contributed by atoms with Crippen LogP contribution in [-0.4, -0.2) is 17.9 Å². The monoisotopic (exact) mass is 192 g/mol. The van der Waals surface area contributed by atoms with Crippen molar-refractivity contribution in [1.82, 2.24) is 0 Å². The average molecular weight is 192 g/mol. The van der Waals surface area contributed by atoms with Gasteiger partial charge >= 0.3 is 0 Å². The van der Waals surface area contributed by atoms with Crippen molar-refractivity contribution in [2.75, 3.05) is 0 Å². The number of hydrogen-bond donors (Lipinski definition) is 2. The van der Waals surface area contributed by atoms with Crippen LogP contribution in [-0.2, 0) is 4.79 Å². The summed E-state index contributed by atoms with van der Waals surface area (Å²) in [5.41, 5.74) is 10.4. The molecule has 1 amide bonds. The van der Waals surface area contributed by atoms with Gasteiger partial charge in [-0.3, -0.25) is 4.79 Å². The van der Waals surface area contributed by atoms with Crippen molar-refractivity contribution in [2.24, 2.45) is 17.4 Å². The van der Waals surface area contributed by atoms with Crippen molar-refractivity contribution >= 4 is 5.91 Å².